The summed E-state index contributed by atoms with van der Waals surface area (Å²) in [7, 11) is 0. The van der Waals surface area contributed by atoms with Crippen LogP contribution in [0.1, 0.15) is 77.6 Å². The zero-order chi connectivity index (χ0) is 15.8. The number of unbranched alkanes of at least 4 members (excludes halogenated alkanes) is 8. The van der Waals surface area contributed by atoms with Gasteiger partial charge in [0.15, 0.2) is 6.10 Å². The molecule has 0 aromatic carbocycles. The molecule has 0 radical (unpaired) electrons. The number of hydrogen-bond acceptors (Lipinski definition) is 2. The molecule has 122 valence electrons. The van der Waals surface area contributed by atoms with Crippen molar-refractivity contribution >= 4 is 5.97 Å². The Bertz CT molecular complexity index is 295. The Balaban J connectivity index is 3.26. The van der Waals surface area contributed by atoms with Gasteiger partial charge in [0, 0.05) is 0 Å². The van der Waals surface area contributed by atoms with Gasteiger partial charge in [-0.05, 0) is 32.1 Å². The third-order valence-corrected chi connectivity index (χ3v) is 3.49. The van der Waals surface area contributed by atoms with Crippen LogP contribution in [0.5, 0.6) is 0 Å². The van der Waals surface area contributed by atoms with Crippen LogP contribution in [0.25, 0.3) is 0 Å². The first-order chi connectivity index (χ1) is 10.2. The van der Waals surface area contributed by atoms with Crippen molar-refractivity contribution in [1.29, 1.82) is 0 Å². The highest BCUT2D eigenvalue weighted by molar-refractivity contribution is 5.71. The van der Waals surface area contributed by atoms with E-state index in [0.29, 0.717) is 6.42 Å². The predicted octanol–water partition coefficient (Wildman–Crippen LogP) is 4.86. The number of carboxylic acid groups (broad SMARTS) is 1. The number of aliphatic hydroxyl groups is 1. The summed E-state index contributed by atoms with van der Waals surface area (Å²) in [5, 5.41) is 17.6. The summed E-state index contributed by atoms with van der Waals surface area (Å²) in [5.41, 5.74) is 0. The number of aliphatic carboxylic acids is 1. The van der Waals surface area contributed by atoms with E-state index in [0.717, 1.165) is 25.7 Å². The molecule has 0 saturated heterocycles. The number of carbonyl (C=O) groups is 1. The van der Waals surface area contributed by atoms with Crippen LogP contribution in [0, 0.1) is 0 Å². The summed E-state index contributed by atoms with van der Waals surface area (Å²) >= 11 is 0. The van der Waals surface area contributed by atoms with Crippen molar-refractivity contribution in [2.45, 2.75) is 83.7 Å². The van der Waals surface area contributed by atoms with Gasteiger partial charge >= 0.3 is 5.97 Å². The molecule has 0 aromatic heterocycles. The largest absolute Gasteiger partial charge is 0.479 e. The van der Waals surface area contributed by atoms with Crippen molar-refractivity contribution in [1.82, 2.24) is 0 Å². The zero-order valence-electron chi connectivity index (χ0n) is 13.5. The van der Waals surface area contributed by atoms with Crippen LogP contribution < -0.4 is 0 Å². The third kappa shape index (κ3) is 15.1. The molecule has 0 fully saturated rings. The monoisotopic (exact) mass is 296 g/mol. The fourth-order valence-electron chi connectivity index (χ4n) is 2.12. The summed E-state index contributed by atoms with van der Waals surface area (Å²) in [5.74, 6) is -1.11. The summed E-state index contributed by atoms with van der Waals surface area (Å²) in [6.45, 7) is 2.22. The standard InChI is InChI=1S/C18H32O3/c1-2-3-4-5-6-7-8-9-10-11-12-13-14-15-16-17(19)18(20)21/h6-9,17,19H,2-5,10-16H2,1H3,(H,20,21)/b7-6+,9-8+. The molecule has 0 aliphatic carbocycles. The highest BCUT2D eigenvalue weighted by atomic mass is 16.4. The van der Waals surface area contributed by atoms with Gasteiger partial charge in [-0.25, -0.2) is 4.79 Å². The molecule has 1 atom stereocenters. The average Bonchev–Trinajstić information content (AvgIpc) is 2.47. The molecule has 0 aliphatic rings. The van der Waals surface area contributed by atoms with Gasteiger partial charge in [-0.2, -0.15) is 0 Å². The Morgan fingerprint density at radius 2 is 1.43 bits per heavy atom. The van der Waals surface area contributed by atoms with Crippen LogP contribution in [-0.2, 0) is 4.79 Å². The number of allylic oxidation sites excluding steroid dienone is 4. The van der Waals surface area contributed by atoms with Gasteiger partial charge in [-0.1, -0.05) is 69.8 Å². The Morgan fingerprint density at radius 1 is 0.905 bits per heavy atom. The van der Waals surface area contributed by atoms with Gasteiger partial charge in [0.2, 0.25) is 0 Å². The van der Waals surface area contributed by atoms with E-state index in [1.54, 1.807) is 0 Å². The number of rotatable bonds is 14. The Labute approximate surface area is 129 Å². The van der Waals surface area contributed by atoms with Crippen molar-refractivity contribution in [2.75, 3.05) is 0 Å². The van der Waals surface area contributed by atoms with E-state index in [4.69, 9.17) is 10.2 Å². The molecule has 0 aromatic rings. The van der Waals surface area contributed by atoms with Gasteiger partial charge in [0.25, 0.3) is 0 Å². The molecule has 0 heterocycles. The quantitative estimate of drug-likeness (QED) is 0.355. The topological polar surface area (TPSA) is 57.5 Å². The van der Waals surface area contributed by atoms with Crippen LogP contribution in [0.15, 0.2) is 24.3 Å². The third-order valence-electron chi connectivity index (χ3n) is 3.49. The first-order valence-corrected chi connectivity index (χ1v) is 8.41. The second-order valence-electron chi connectivity index (χ2n) is 5.55. The maximum Gasteiger partial charge on any atom is 0.332 e. The second-order valence-corrected chi connectivity index (χ2v) is 5.55. The van der Waals surface area contributed by atoms with E-state index in [1.807, 2.05) is 0 Å². The lowest BCUT2D eigenvalue weighted by Crippen LogP contribution is -2.18. The normalized spacial score (nSPS) is 13.2. The Morgan fingerprint density at radius 3 is 2.00 bits per heavy atom. The lowest BCUT2D eigenvalue weighted by atomic mass is 10.1. The molecule has 0 amide bonds. The molecule has 3 heteroatoms. The lowest BCUT2D eigenvalue weighted by Gasteiger charge is -2.04. The molecule has 0 saturated carbocycles. The van der Waals surface area contributed by atoms with Gasteiger partial charge in [0.1, 0.15) is 0 Å². The minimum Gasteiger partial charge on any atom is -0.479 e. The molecule has 2 N–H and O–H groups in total. The zero-order valence-corrected chi connectivity index (χ0v) is 13.5. The van der Waals surface area contributed by atoms with Crippen molar-refractivity contribution in [3.8, 4) is 0 Å². The summed E-state index contributed by atoms with van der Waals surface area (Å²) in [6.07, 6.45) is 19.4. The summed E-state index contributed by atoms with van der Waals surface area (Å²) in [4.78, 5) is 10.4. The van der Waals surface area contributed by atoms with Gasteiger partial charge in [-0.3, -0.25) is 0 Å². The van der Waals surface area contributed by atoms with Crippen LogP contribution in [-0.4, -0.2) is 22.3 Å². The van der Waals surface area contributed by atoms with E-state index in [9.17, 15) is 4.79 Å². The Kier molecular flexibility index (Phi) is 14.5. The molecule has 21 heavy (non-hydrogen) atoms. The van der Waals surface area contributed by atoms with E-state index in [1.165, 1.54) is 38.5 Å². The molecule has 0 aliphatic heterocycles. The van der Waals surface area contributed by atoms with Crippen molar-refractivity contribution < 1.29 is 15.0 Å². The highest BCUT2D eigenvalue weighted by Gasteiger charge is 2.11. The molecule has 0 bridgehead atoms. The fourth-order valence-corrected chi connectivity index (χ4v) is 2.12. The van der Waals surface area contributed by atoms with Gasteiger partial charge < -0.3 is 10.2 Å². The highest BCUT2D eigenvalue weighted by Crippen LogP contribution is 2.09. The van der Waals surface area contributed by atoms with Crippen LogP contribution in [0.3, 0.4) is 0 Å². The minimum atomic E-state index is -1.18. The lowest BCUT2D eigenvalue weighted by molar-refractivity contribution is -0.146. The fraction of sp³-hybridized carbons (Fsp3) is 0.722. The SMILES string of the molecule is CCCCC/C=C/C=C/CCCCCCCC(O)C(=O)O. The minimum absolute atomic E-state index is 0.373. The van der Waals surface area contributed by atoms with E-state index in [2.05, 4.69) is 31.2 Å². The second kappa shape index (κ2) is 15.3. The Hall–Kier alpha value is -1.09. The van der Waals surface area contributed by atoms with E-state index < -0.39 is 12.1 Å². The summed E-state index contributed by atoms with van der Waals surface area (Å²) in [6, 6.07) is 0. The van der Waals surface area contributed by atoms with Crippen LogP contribution >= 0.6 is 0 Å². The number of aliphatic hydroxyl groups excluding tert-OH is 1. The number of carboxylic acids is 1. The van der Waals surface area contributed by atoms with Crippen molar-refractivity contribution in [3.63, 3.8) is 0 Å². The van der Waals surface area contributed by atoms with Crippen LogP contribution in [0.4, 0.5) is 0 Å². The summed E-state index contributed by atoms with van der Waals surface area (Å²) < 4.78 is 0. The first-order valence-electron chi connectivity index (χ1n) is 8.41. The predicted molar refractivity (Wildman–Crippen MR) is 88.4 cm³/mol. The maximum absolute atomic E-state index is 10.4. The molecular weight excluding hydrogens is 264 g/mol. The van der Waals surface area contributed by atoms with E-state index in [-0.39, 0.29) is 0 Å². The average molecular weight is 296 g/mol. The molecule has 0 rings (SSSR count). The van der Waals surface area contributed by atoms with Crippen LogP contribution in [0.2, 0.25) is 0 Å². The molecule has 1 unspecified atom stereocenters. The molecular formula is C18H32O3. The van der Waals surface area contributed by atoms with Gasteiger partial charge in [0.05, 0.1) is 0 Å². The van der Waals surface area contributed by atoms with Gasteiger partial charge in [-0.15, -0.1) is 0 Å². The van der Waals surface area contributed by atoms with Crippen molar-refractivity contribution in [2.24, 2.45) is 0 Å². The maximum atomic E-state index is 10.4. The first kappa shape index (κ1) is 19.9. The molecule has 0 spiro atoms. The van der Waals surface area contributed by atoms with Crippen molar-refractivity contribution in [3.05, 3.63) is 24.3 Å². The molecule has 3 nitrogen and oxygen atoms in total. The smallest absolute Gasteiger partial charge is 0.332 e. The van der Waals surface area contributed by atoms with E-state index >= 15 is 0 Å². The number of hydrogen-bond donors (Lipinski definition) is 2.